The predicted molar refractivity (Wildman–Crippen MR) is 141 cm³/mol. The number of carbonyl (C=O) groups is 1. The highest BCUT2D eigenvalue weighted by molar-refractivity contribution is 5.80. The van der Waals surface area contributed by atoms with Crippen LogP contribution in [0.2, 0.25) is 0 Å². The van der Waals surface area contributed by atoms with Crippen molar-refractivity contribution in [3.63, 3.8) is 0 Å². The van der Waals surface area contributed by atoms with E-state index in [4.69, 9.17) is 5.10 Å². The highest BCUT2D eigenvalue weighted by Gasteiger charge is 2.50. The van der Waals surface area contributed by atoms with Crippen molar-refractivity contribution >= 4 is 22.6 Å². The van der Waals surface area contributed by atoms with E-state index in [0.717, 1.165) is 52.0 Å². The molecule has 10 heteroatoms. The van der Waals surface area contributed by atoms with Gasteiger partial charge in [0, 0.05) is 36.0 Å². The zero-order chi connectivity index (χ0) is 25.7. The van der Waals surface area contributed by atoms with Crippen LogP contribution in [0.25, 0.3) is 39.1 Å². The molecule has 0 spiro atoms. The highest BCUT2D eigenvalue weighted by atomic mass is 16.1. The number of nitrogens with zero attached hydrogens (tertiary/aromatic N) is 8. The molecule has 1 aliphatic rings. The molecule has 1 fully saturated rings. The Balaban J connectivity index is 1.25. The third kappa shape index (κ3) is 3.69. The van der Waals surface area contributed by atoms with Crippen LogP contribution in [-0.4, -0.2) is 52.5 Å². The van der Waals surface area contributed by atoms with Gasteiger partial charge in [-0.1, -0.05) is 30.3 Å². The van der Waals surface area contributed by atoms with Crippen molar-refractivity contribution in [3.8, 4) is 22.4 Å². The predicted octanol–water partition coefficient (Wildman–Crippen LogP) is 3.42. The van der Waals surface area contributed by atoms with Gasteiger partial charge < -0.3 is 5.32 Å². The Morgan fingerprint density at radius 1 is 0.974 bits per heavy atom. The number of amides is 1. The lowest BCUT2D eigenvalue weighted by Crippen LogP contribution is -2.23. The first-order valence-corrected chi connectivity index (χ1v) is 12.4. The minimum absolute atomic E-state index is 0.101. The Morgan fingerprint density at radius 2 is 1.87 bits per heavy atom. The maximum atomic E-state index is 11.7. The van der Waals surface area contributed by atoms with E-state index >= 15 is 0 Å². The standard InChI is InChI=1S/C28H23N9O/c1-29-25(38)17-36-16-21(14-32-36)18-4-2-5-19(12-18)24-15-31-27-34-33-26(37(27)35-24)28(9-10-28)22-7-8-23-20(13-22)6-3-11-30-23/h2-8,11-16H,9-10,17H2,1H3,(H,29,38). The molecule has 6 aromatic rings. The molecule has 186 valence electrons. The Kier molecular flexibility index (Phi) is 5.00. The number of likely N-dealkylation sites (N-methyl/N-ethyl adjacent to an activating group) is 1. The normalized spacial score (nSPS) is 14.1. The van der Waals surface area contributed by atoms with Crippen LogP contribution in [0.5, 0.6) is 0 Å². The van der Waals surface area contributed by atoms with E-state index in [0.29, 0.717) is 5.78 Å². The van der Waals surface area contributed by atoms with E-state index in [2.05, 4.69) is 54.8 Å². The summed E-state index contributed by atoms with van der Waals surface area (Å²) in [4.78, 5) is 20.7. The maximum absolute atomic E-state index is 11.7. The molecule has 4 heterocycles. The molecule has 1 amide bonds. The van der Waals surface area contributed by atoms with Gasteiger partial charge in [-0.05, 0) is 48.2 Å². The van der Waals surface area contributed by atoms with Crippen LogP contribution in [0, 0.1) is 0 Å². The molecule has 0 bridgehead atoms. The smallest absolute Gasteiger partial charge is 0.271 e. The van der Waals surface area contributed by atoms with Crippen LogP contribution in [-0.2, 0) is 16.8 Å². The number of benzene rings is 2. The first kappa shape index (κ1) is 22.2. The third-order valence-electron chi connectivity index (χ3n) is 7.18. The number of fused-ring (bicyclic) bond motifs is 2. The molecular weight excluding hydrogens is 478 g/mol. The minimum atomic E-state index is -0.238. The molecule has 0 radical (unpaired) electrons. The van der Waals surface area contributed by atoms with E-state index in [1.165, 1.54) is 5.56 Å². The number of pyridine rings is 1. The van der Waals surface area contributed by atoms with Gasteiger partial charge in [0.15, 0.2) is 5.82 Å². The van der Waals surface area contributed by atoms with Crippen LogP contribution in [0.15, 0.2) is 79.4 Å². The van der Waals surface area contributed by atoms with Crippen molar-refractivity contribution in [2.75, 3.05) is 7.05 Å². The number of hydrogen-bond acceptors (Lipinski definition) is 7. The van der Waals surface area contributed by atoms with Crippen molar-refractivity contribution in [2.24, 2.45) is 0 Å². The summed E-state index contributed by atoms with van der Waals surface area (Å²) in [6.45, 7) is 0.171. The number of rotatable bonds is 6. The molecule has 4 aromatic heterocycles. The number of nitrogens with one attached hydrogen (secondary N) is 1. The van der Waals surface area contributed by atoms with E-state index in [9.17, 15) is 4.79 Å². The second kappa shape index (κ2) is 8.55. The Bertz CT molecular complexity index is 1830. The molecular formula is C28H23N9O. The average Bonchev–Trinajstić information content (AvgIpc) is 3.43. The fourth-order valence-electron chi connectivity index (χ4n) is 4.95. The summed E-state index contributed by atoms with van der Waals surface area (Å²) < 4.78 is 3.40. The molecule has 7 rings (SSSR count). The summed E-state index contributed by atoms with van der Waals surface area (Å²) in [5, 5.41) is 21.8. The summed E-state index contributed by atoms with van der Waals surface area (Å²) in [7, 11) is 1.61. The summed E-state index contributed by atoms with van der Waals surface area (Å²) in [6, 6.07) is 18.5. The lowest BCUT2D eigenvalue weighted by molar-refractivity contribution is -0.121. The molecule has 1 aliphatic carbocycles. The summed E-state index contributed by atoms with van der Waals surface area (Å²) >= 11 is 0. The molecule has 10 nitrogen and oxygen atoms in total. The maximum Gasteiger partial charge on any atom is 0.271 e. The van der Waals surface area contributed by atoms with Crippen LogP contribution < -0.4 is 5.32 Å². The molecule has 1 saturated carbocycles. The van der Waals surface area contributed by atoms with Crippen molar-refractivity contribution in [2.45, 2.75) is 24.8 Å². The first-order valence-electron chi connectivity index (χ1n) is 12.4. The van der Waals surface area contributed by atoms with Crippen LogP contribution in [0.4, 0.5) is 0 Å². The van der Waals surface area contributed by atoms with Crippen molar-refractivity contribution in [1.82, 2.24) is 44.9 Å². The zero-order valence-electron chi connectivity index (χ0n) is 20.6. The van der Waals surface area contributed by atoms with Gasteiger partial charge in [-0.25, -0.2) is 4.98 Å². The second-order valence-corrected chi connectivity index (χ2v) is 9.55. The lowest BCUT2D eigenvalue weighted by atomic mass is 9.94. The van der Waals surface area contributed by atoms with Gasteiger partial charge in [0.2, 0.25) is 5.91 Å². The topological polar surface area (TPSA) is 116 Å². The molecule has 0 aliphatic heterocycles. The number of aromatic nitrogens is 8. The molecule has 38 heavy (non-hydrogen) atoms. The largest absolute Gasteiger partial charge is 0.358 e. The zero-order valence-corrected chi connectivity index (χ0v) is 20.6. The van der Waals surface area contributed by atoms with E-state index < -0.39 is 0 Å². The molecule has 2 aromatic carbocycles. The van der Waals surface area contributed by atoms with Gasteiger partial charge in [-0.2, -0.15) is 14.7 Å². The summed E-state index contributed by atoms with van der Waals surface area (Å²) in [5.74, 6) is 1.18. The first-order chi connectivity index (χ1) is 18.6. The van der Waals surface area contributed by atoms with Gasteiger partial charge in [-0.15, -0.1) is 10.2 Å². The SMILES string of the molecule is CNC(=O)Cn1cc(-c2cccc(-c3cnc4nnc(C5(c6ccc7ncccc7c6)CC5)n4n3)c2)cn1. The lowest BCUT2D eigenvalue weighted by Gasteiger charge is -2.14. The van der Waals surface area contributed by atoms with E-state index in [-0.39, 0.29) is 17.9 Å². The Labute approximate surface area is 217 Å². The van der Waals surface area contributed by atoms with Gasteiger partial charge in [0.1, 0.15) is 12.2 Å². The molecule has 0 saturated heterocycles. The highest BCUT2D eigenvalue weighted by Crippen LogP contribution is 2.53. The monoisotopic (exact) mass is 501 g/mol. The average molecular weight is 502 g/mol. The summed E-state index contributed by atoms with van der Waals surface area (Å²) in [5.41, 5.74) is 5.44. The molecule has 0 unspecified atom stereocenters. The van der Waals surface area contributed by atoms with Crippen molar-refractivity contribution < 1.29 is 4.79 Å². The van der Waals surface area contributed by atoms with Gasteiger partial charge in [0.25, 0.3) is 5.78 Å². The van der Waals surface area contributed by atoms with E-state index in [1.807, 2.05) is 42.7 Å². The Morgan fingerprint density at radius 3 is 2.74 bits per heavy atom. The van der Waals surface area contributed by atoms with Crippen LogP contribution >= 0.6 is 0 Å². The van der Waals surface area contributed by atoms with E-state index in [1.54, 1.807) is 28.6 Å². The van der Waals surface area contributed by atoms with Gasteiger partial charge in [-0.3, -0.25) is 14.5 Å². The fraction of sp³-hybridized carbons (Fsp3) is 0.179. The third-order valence-corrected chi connectivity index (χ3v) is 7.18. The van der Waals surface area contributed by atoms with Gasteiger partial charge >= 0.3 is 0 Å². The van der Waals surface area contributed by atoms with Crippen LogP contribution in [0.3, 0.4) is 0 Å². The van der Waals surface area contributed by atoms with Crippen LogP contribution in [0.1, 0.15) is 24.2 Å². The quantitative estimate of drug-likeness (QED) is 0.372. The minimum Gasteiger partial charge on any atom is -0.358 e. The molecule has 0 atom stereocenters. The van der Waals surface area contributed by atoms with Gasteiger partial charge in [0.05, 0.1) is 23.3 Å². The second-order valence-electron chi connectivity index (χ2n) is 9.55. The molecule has 1 N–H and O–H groups in total. The van der Waals surface area contributed by atoms with Crippen molar-refractivity contribution in [1.29, 1.82) is 0 Å². The fourth-order valence-corrected chi connectivity index (χ4v) is 4.95. The Hall–Kier alpha value is -4.99. The van der Waals surface area contributed by atoms with Crippen molar-refractivity contribution in [3.05, 3.63) is 90.8 Å². The number of carbonyl (C=O) groups excluding carboxylic acids is 1. The summed E-state index contributed by atoms with van der Waals surface area (Å²) in [6.07, 6.45) is 9.09. The number of hydrogen-bond donors (Lipinski definition) is 1.